The van der Waals surface area contributed by atoms with Crippen molar-refractivity contribution in [3.63, 3.8) is 0 Å². The fourth-order valence-electron chi connectivity index (χ4n) is 2.23. The van der Waals surface area contributed by atoms with Gasteiger partial charge >= 0.3 is 0 Å². The molecule has 1 heterocycles. The monoisotopic (exact) mass is 429 g/mol. The second kappa shape index (κ2) is 7.83. The summed E-state index contributed by atoms with van der Waals surface area (Å²) in [6, 6.07) is 13.7. The molecule has 2 aromatic carbocycles. The molecule has 0 aliphatic carbocycles. The van der Waals surface area contributed by atoms with Crippen LogP contribution in [0.1, 0.15) is 16.1 Å². The number of aromatic hydroxyl groups is 1. The van der Waals surface area contributed by atoms with E-state index in [1.165, 1.54) is 30.5 Å². The number of carbonyl (C=O) groups excluding carboxylic acids is 1. The summed E-state index contributed by atoms with van der Waals surface area (Å²) in [6.45, 7) is 0. The lowest BCUT2D eigenvalue weighted by atomic mass is 10.1. The maximum Gasteiger partial charge on any atom is 0.275 e. The molecule has 0 atom stereocenters. The first-order chi connectivity index (χ1) is 12.9. The maximum atomic E-state index is 12.0. The van der Waals surface area contributed by atoms with Gasteiger partial charge in [-0.05, 0) is 42.5 Å². The van der Waals surface area contributed by atoms with E-state index in [4.69, 9.17) is 4.42 Å². The van der Waals surface area contributed by atoms with E-state index < -0.39 is 10.8 Å². The number of nitrogens with zero attached hydrogens (tertiary/aromatic N) is 2. The van der Waals surface area contributed by atoms with Crippen molar-refractivity contribution in [3.8, 4) is 17.1 Å². The van der Waals surface area contributed by atoms with Crippen molar-refractivity contribution in [2.75, 3.05) is 0 Å². The summed E-state index contributed by atoms with van der Waals surface area (Å²) in [5.41, 5.74) is 3.04. The number of hydrazone groups is 1. The summed E-state index contributed by atoms with van der Waals surface area (Å²) >= 11 is 3.22. The fourth-order valence-corrected chi connectivity index (χ4v) is 2.59. The van der Waals surface area contributed by atoms with Crippen LogP contribution < -0.4 is 5.43 Å². The van der Waals surface area contributed by atoms with Crippen LogP contribution in [0.15, 0.2) is 68.6 Å². The number of nitro groups is 1. The van der Waals surface area contributed by atoms with Crippen LogP contribution in [0.5, 0.6) is 5.75 Å². The van der Waals surface area contributed by atoms with E-state index in [2.05, 4.69) is 26.5 Å². The Hall–Kier alpha value is -3.46. The largest absolute Gasteiger partial charge is 0.507 e. The zero-order valence-electron chi connectivity index (χ0n) is 13.6. The summed E-state index contributed by atoms with van der Waals surface area (Å²) < 4.78 is 6.22. The molecule has 1 amide bonds. The number of halogens is 1. The molecule has 1 aromatic heterocycles. The quantitative estimate of drug-likeness (QED) is 0.359. The van der Waals surface area contributed by atoms with E-state index in [9.17, 15) is 20.0 Å². The first kappa shape index (κ1) is 18.3. The van der Waals surface area contributed by atoms with Crippen LogP contribution >= 0.6 is 15.9 Å². The van der Waals surface area contributed by atoms with Gasteiger partial charge < -0.3 is 9.52 Å². The Labute approximate surface area is 161 Å². The highest BCUT2D eigenvalue weighted by molar-refractivity contribution is 9.10. The first-order valence-electron chi connectivity index (χ1n) is 7.60. The van der Waals surface area contributed by atoms with Gasteiger partial charge in [-0.15, -0.1) is 0 Å². The lowest BCUT2D eigenvalue weighted by Gasteiger charge is -2.03. The van der Waals surface area contributed by atoms with Crippen LogP contribution in [0.2, 0.25) is 0 Å². The van der Waals surface area contributed by atoms with Crippen LogP contribution in [-0.4, -0.2) is 22.2 Å². The van der Waals surface area contributed by atoms with Gasteiger partial charge in [0.1, 0.15) is 17.3 Å². The third kappa shape index (κ3) is 4.39. The molecular formula is C18H12BrN3O5. The summed E-state index contributed by atoms with van der Waals surface area (Å²) in [5, 5.41) is 24.2. The van der Waals surface area contributed by atoms with Crippen molar-refractivity contribution >= 4 is 33.7 Å². The third-order valence-electron chi connectivity index (χ3n) is 3.55. The van der Waals surface area contributed by atoms with Crippen molar-refractivity contribution in [2.45, 2.75) is 0 Å². The molecule has 3 rings (SSSR count). The predicted octanol–water partition coefficient (Wildman–Crippen LogP) is 4.09. The highest BCUT2D eigenvalue weighted by atomic mass is 79.9. The number of hydrogen-bond acceptors (Lipinski definition) is 6. The van der Waals surface area contributed by atoms with Gasteiger partial charge in [-0.25, -0.2) is 5.43 Å². The van der Waals surface area contributed by atoms with E-state index >= 15 is 0 Å². The van der Waals surface area contributed by atoms with Gasteiger partial charge in [-0.2, -0.15) is 5.10 Å². The minimum absolute atomic E-state index is 0.00870. The minimum atomic E-state index is -0.577. The fraction of sp³-hybridized carbons (Fsp3) is 0. The lowest BCUT2D eigenvalue weighted by molar-refractivity contribution is -0.384. The molecule has 0 saturated carbocycles. The molecule has 0 fully saturated rings. The number of rotatable bonds is 5. The maximum absolute atomic E-state index is 12.0. The van der Waals surface area contributed by atoms with Gasteiger partial charge in [-0.1, -0.05) is 15.9 Å². The van der Waals surface area contributed by atoms with Crippen molar-refractivity contribution < 1.29 is 19.2 Å². The number of carbonyl (C=O) groups is 1. The Kier molecular flexibility index (Phi) is 5.32. The average molecular weight is 430 g/mol. The highest BCUT2D eigenvalue weighted by Crippen LogP contribution is 2.24. The molecule has 136 valence electrons. The summed E-state index contributed by atoms with van der Waals surface area (Å²) in [6.07, 6.45) is 1.31. The van der Waals surface area contributed by atoms with Crippen LogP contribution in [0, 0.1) is 10.1 Å². The van der Waals surface area contributed by atoms with E-state index in [1.807, 2.05) is 0 Å². The first-order valence-corrected chi connectivity index (χ1v) is 8.40. The molecule has 0 bridgehead atoms. The van der Waals surface area contributed by atoms with Gasteiger partial charge in [0, 0.05) is 22.2 Å². The van der Waals surface area contributed by atoms with E-state index in [-0.39, 0.29) is 17.0 Å². The Morgan fingerprint density at radius 3 is 2.63 bits per heavy atom. The number of amides is 1. The molecule has 0 saturated heterocycles. The van der Waals surface area contributed by atoms with E-state index in [0.29, 0.717) is 21.6 Å². The number of non-ortho nitro benzene ring substituents is 1. The molecule has 0 aliphatic rings. The lowest BCUT2D eigenvalue weighted by Crippen LogP contribution is -2.17. The predicted molar refractivity (Wildman–Crippen MR) is 102 cm³/mol. The molecule has 27 heavy (non-hydrogen) atoms. The van der Waals surface area contributed by atoms with E-state index in [0.717, 1.165) is 0 Å². The van der Waals surface area contributed by atoms with Gasteiger partial charge in [0.15, 0.2) is 0 Å². The number of nitrogens with one attached hydrogen (secondary N) is 1. The third-order valence-corrected chi connectivity index (χ3v) is 4.04. The molecule has 2 N–H and O–H groups in total. The normalized spacial score (nSPS) is 10.9. The molecular weight excluding hydrogens is 418 g/mol. The zero-order valence-corrected chi connectivity index (χ0v) is 15.2. The van der Waals surface area contributed by atoms with Crippen molar-refractivity contribution in [2.24, 2.45) is 5.10 Å². The Bertz CT molecular complexity index is 1030. The van der Waals surface area contributed by atoms with Crippen LogP contribution in [0.25, 0.3) is 11.3 Å². The Morgan fingerprint density at radius 1 is 1.19 bits per heavy atom. The van der Waals surface area contributed by atoms with E-state index in [1.54, 1.807) is 30.3 Å². The SMILES string of the molecule is O=C(N/N=C\c1ccc(-c2ccc([N+](=O)[O-])cc2)o1)c1cc(Br)ccc1O. The summed E-state index contributed by atoms with van der Waals surface area (Å²) in [7, 11) is 0. The number of phenols is 1. The molecule has 0 aliphatic heterocycles. The summed E-state index contributed by atoms with van der Waals surface area (Å²) in [4.78, 5) is 22.2. The van der Waals surface area contributed by atoms with Crippen LogP contribution in [0.3, 0.4) is 0 Å². The molecule has 9 heteroatoms. The number of nitro benzene ring substituents is 1. The number of furan rings is 1. The van der Waals surface area contributed by atoms with Gasteiger partial charge in [0.25, 0.3) is 11.6 Å². The summed E-state index contributed by atoms with van der Waals surface area (Å²) in [5.74, 6) is 0.140. The van der Waals surface area contributed by atoms with Crippen LogP contribution in [-0.2, 0) is 0 Å². The average Bonchev–Trinajstić information content (AvgIpc) is 3.12. The standard InChI is InChI=1S/C18H12BrN3O5/c19-12-3-7-16(23)15(9-12)18(24)21-20-10-14-6-8-17(27-14)11-1-4-13(5-2-11)22(25)26/h1-10,23H,(H,21,24)/b20-10-. The Morgan fingerprint density at radius 2 is 1.93 bits per heavy atom. The second-order valence-electron chi connectivity index (χ2n) is 5.37. The topological polar surface area (TPSA) is 118 Å². The van der Waals surface area contributed by atoms with Gasteiger partial charge in [0.05, 0.1) is 16.7 Å². The van der Waals surface area contributed by atoms with Gasteiger partial charge in [-0.3, -0.25) is 14.9 Å². The van der Waals surface area contributed by atoms with Crippen molar-refractivity contribution in [1.29, 1.82) is 0 Å². The minimum Gasteiger partial charge on any atom is -0.507 e. The molecule has 0 unspecified atom stereocenters. The van der Waals surface area contributed by atoms with Crippen LogP contribution in [0.4, 0.5) is 5.69 Å². The molecule has 0 spiro atoms. The molecule has 0 radical (unpaired) electrons. The van der Waals surface area contributed by atoms with Gasteiger partial charge in [0.2, 0.25) is 0 Å². The van der Waals surface area contributed by atoms with Crippen molar-refractivity contribution in [1.82, 2.24) is 5.43 Å². The number of benzene rings is 2. The second-order valence-corrected chi connectivity index (χ2v) is 6.28. The molecule has 3 aromatic rings. The highest BCUT2D eigenvalue weighted by Gasteiger charge is 2.11. The smallest absolute Gasteiger partial charge is 0.275 e. The molecule has 8 nitrogen and oxygen atoms in total. The zero-order chi connectivity index (χ0) is 19.4. The van der Waals surface area contributed by atoms with Crippen molar-refractivity contribution in [3.05, 3.63) is 80.5 Å². The Balaban J connectivity index is 1.67. The number of phenolic OH excluding ortho intramolecular Hbond substituents is 1. The number of hydrogen-bond donors (Lipinski definition) is 2.